The molecule has 1 saturated heterocycles. The molecule has 3 heterocycles. The van der Waals surface area contributed by atoms with Gasteiger partial charge >= 0.3 is 6.03 Å². The number of aliphatic hydroxyl groups is 1. The van der Waals surface area contributed by atoms with Gasteiger partial charge in [-0.1, -0.05) is 0 Å². The normalized spacial score (nSPS) is 18.2. The lowest BCUT2D eigenvalue weighted by Crippen LogP contribution is -2.48. The second kappa shape index (κ2) is 9.29. The van der Waals surface area contributed by atoms with E-state index in [-0.39, 0.29) is 25.9 Å². The molecule has 0 saturated carbocycles. The Labute approximate surface area is 189 Å². The summed E-state index contributed by atoms with van der Waals surface area (Å²) in [5.41, 5.74) is -0.183. The minimum Gasteiger partial charge on any atom is -0.387 e. The number of pyridine rings is 1. The molecular weight excluding hydrogens is 463 g/mol. The molecule has 1 aliphatic rings. The molecule has 182 valence electrons. The third kappa shape index (κ3) is 4.98. The first-order valence-corrected chi connectivity index (χ1v) is 11.8. The van der Waals surface area contributed by atoms with Crippen molar-refractivity contribution in [1.82, 2.24) is 19.7 Å². The lowest BCUT2D eigenvalue weighted by atomic mass is 9.92. The van der Waals surface area contributed by atoms with Gasteiger partial charge in [0, 0.05) is 44.1 Å². The maximum Gasteiger partial charge on any atom is 0.321 e. The van der Waals surface area contributed by atoms with E-state index in [1.54, 1.807) is 6.07 Å². The number of amides is 2. The topological polar surface area (TPSA) is 117 Å². The number of anilines is 1. The molecule has 33 heavy (non-hydrogen) atoms. The van der Waals surface area contributed by atoms with Gasteiger partial charge in [-0.2, -0.15) is 5.10 Å². The van der Waals surface area contributed by atoms with Crippen molar-refractivity contribution in [2.75, 3.05) is 18.4 Å². The Morgan fingerprint density at radius 3 is 2.55 bits per heavy atom. The van der Waals surface area contributed by atoms with Crippen molar-refractivity contribution in [2.45, 2.75) is 49.1 Å². The first kappa shape index (κ1) is 25.0. The number of aliphatic hydroxyl groups excluding tert-OH is 1. The number of aryl methyl sites for hydroxylation is 1. The monoisotopic (exact) mass is 489 g/mol. The van der Waals surface area contributed by atoms with Crippen LogP contribution in [0.3, 0.4) is 0 Å². The summed E-state index contributed by atoms with van der Waals surface area (Å²) in [7, 11) is -3.49. The van der Waals surface area contributed by atoms with Gasteiger partial charge in [-0.25, -0.2) is 26.4 Å². The van der Waals surface area contributed by atoms with Gasteiger partial charge in [0.05, 0.1) is 11.8 Å². The number of piperidine rings is 1. The van der Waals surface area contributed by atoms with Crippen LogP contribution in [0.1, 0.15) is 50.6 Å². The number of sulfone groups is 1. The first-order chi connectivity index (χ1) is 15.3. The van der Waals surface area contributed by atoms with Gasteiger partial charge in [0.15, 0.2) is 0 Å². The predicted molar refractivity (Wildman–Crippen MR) is 113 cm³/mol. The Balaban J connectivity index is 1.69. The SMILES string of the molecule is C[C@H](O)c1cc(NC(=O)N2CCC([C@@](C)(F)S(=O)(=O)c3cn(C)nc3C(F)F)CC2)ccn1. The molecule has 0 unspecified atom stereocenters. The highest BCUT2D eigenvalue weighted by molar-refractivity contribution is 7.92. The quantitative estimate of drug-likeness (QED) is 0.644. The zero-order chi connectivity index (χ0) is 24.6. The molecule has 2 aromatic rings. The van der Waals surface area contributed by atoms with E-state index in [4.69, 9.17) is 0 Å². The zero-order valence-corrected chi connectivity index (χ0v) is 19.2. The summed E-state index contributed by atoms with van der Waals surface area (Å²) in [5, 5.41) is 12.9. The highest BCUT2D eigenvalue weighted by atomic mass is 32.2. The summed E-state index contributed by atoms with van der Waals surface area (Å²) >= 11 is 0. The van der Waals surface area contributed by atoms with Gasteiger partial charge < -0.3 is 15.3 Å². The van der Waals surface area contributed by atoms with Gasteiger partial charge in [-0.15, -0.1) is 0 Å². The van der Waals surface area contributed by atoms with Gasteiger partial charge in [0.1, 0.15) is 10.6 Å². The lowest BCUT2D eigenvalue weighted by molar-refractivity contribution is 0.116. The van der Waals surface area contributed by atoms with Crippen LogP contribution in [0.15, 0.2) is 29.4 Å². The molecule has 1 fully saturated rings. The Bertz CT molecular complexity index is 1110. The van der Waals surface area contributed by atoms with Crippen LogP contribution in [0.5, 0.6) is 0 Å². The molecule has 2 N–H and O–H groups in total. The van der Waals surface area contributed by atoms with Crippen molar-refractivity contribution in [2.24, 2.45) is 13.0 Å². The summed E-state index contributed by atoms with van der Waals surface area (Å²) in [6.07, 6.45) is -1.60. The number of rotatable bonds is 6. The van der Waals surface area contributed by atoms with Gasteiger partial charge in [0.2, 0.25) is 14.8 Å². The fourth-order valence-electron chi connectivity index (χ4n) is 3.83. The Morgan fingerprint density at radius 2 is 1.97 bits per heavy atom. The maximum atomic E-state index is 15.7. The fraction of sp³-hybridized carbons (Fsp3) is 0.550. The summed E-state index contributed by atoms with van der Waals surface area (Å²) in [4.78, 5) is 17.2. The van der Waals surface area contributed by atoms with E-state index in [0.29, 0.717) is 11.4 Å². The highest BCUT2D eigenvalue weighted by Crippen LogP contribution is 2.41. The highest BCUT2D eigenvalue weighted by Gasteiger charge is 2.50. The molecule has 3 rings (SSSR count). The summed E-state index contributed by atoms with van der Waals surface area (Å²) in [6, 6.07) is 2.61. The van der Waals surface area contributed by atoms with Crippen LogP contribution in [0, 0.1) is 5.92 Å². The number of alkyl halides is 3. The molecule has 0 spiro atoms. The first-order valence-electron chi connectivity index (χ1n) is 10.3. The van der Waals surface area contributed by atoms with Gasteiger partial charge in [0.25, 0.3) is 6.43 Å². The molecule has 13 heteroatoms. The standard InChI is InChI=1S/C20H26F3N5O4S/c1-12(29)15-10-14(4-7-24-15)25-19(30)28-8-5-13(6-9-28)20(2,23)33(31,32)16-11-27(3)26-17(16)18(21)22/h4,7,10-13,18,29H,5-6,8-9H2,1-3H3,(H,24,25,30)/t12-,20-/m0/s1. The maximum absolute atomic E-state index is 15.7. The Morgan fingerprint density at radius 1 is 1.33 bits per heavy atom. The molecule has 9 nitrogen and oxygen atoms in total. The van der Waals surface area contributed by atoms with Crippen LogP contribution < -0.4 is 5.32 Å². The molecule has 2 aromatic heterocycles. The van der Waals surface area contributed by atoms with E-state index in [0.717, 1.165) is 17.8 Å². The molecule has 2 amide bonds. The molecule has 2 atom stereocenters. The van der Waals surface area contributed by atoms with Crippen molar-refractivity contribution < 1.29 is 31.5 Å². The van der Waals surface area contributed by atoms with E-state index in [2.05, 4.69) is 15.4 Å². The molecule has 0 aromatic carbocycles. The predicted octanol–water partition coefficient (Wildman–Crippen LogP) is 3.21. The van der Waals surface area contributed by atoms with Crippen LogP contribution in [0.25, 0.3) is 0 Å². The second-order valence-corrected chi connectivity index (χ2v) is 10.4. The Hall–Kier alpha value is -2.67. The Kier molecular flexibility index (Phi) is 7.03. The van der Waals surface area contributed by atoms with E-state index >= 15 is 4.39 Å². The van der Waals surface area contributed by atoms with Crippen LogP contribution in [0.2, 0.25) is 0 Å². The van der Waals surface area contributed by atoms with Gasteiger partial charge in [-0.05, 0) is 38.8 Å². The smallest absolute Gasteiger partial charge is 0.321 e. The summed E-state index contributed by atoms with van der Waals surface area (Å²) < 4.78 is 69.0. The fourth-order valence-corrected chi connectivity index (χ4v) is 5.63. The van der Waals surface area contributed by atoms with E-state index in [1.807, 2.05) is 0 Å². The molecule has 0 bridgehead atoms. The van der Waals surface area contributed by atoms with Crippen molar-refractivity contribution in [3.05, 3.63) is 35.9 Å². The number of nitrogens with zero attached hydrogens (tertiary/aromatic N) is 4. The van der Waals surface area contributed by atoms with Gasteiger partial charge in [-0.3, -0.25) is 9.67 Å². The molecule has 0 aliphatic carbocycles. The number of aromatic nitrogens is 3. The molecule has 0 radical (unpaired) electrons. The van der Waals surface area contributed by atoms with Crippen molar-refractivity contribution in [3.8, 4) is 0 Å². The van der Waals surface area contributed by atoms with Crippen LogP contribution in [-0.4, -0.2) is 57.3 Å². The van der Waals surface area contributed by atoms with Crippen molar-refractivity contribution >= 4 is 21.6 Å². The van der Waals surface area contributed by atoms with E-state index in [1.165, 1.54) is 31.1 Å². The number of nitrogens with one attached hydrogen (secondary N) is 1. The summed E-state index contributed by atoms with van der Waals surface area (Å²) in [6.45, 7) is 2.57. The van der Waals surface area contributed by atoms with Crippen LogP contribution >= 0.6 is 0 Å². The molecular formula is C20H26F3N5O4S. The minimum absolute atomic E-state index is 0.0270. The number of likely N-dealkylation sites (tertiary alicyclic amines) is 1. The number of urea groups is 1. The number of carbonyl (C=O) groups is 1. The van der Waals surface area contributed by atoms with Crippen LogP contribution in [-0.2, 0) is 16.9 Å². The van der Waals surface area contributed by atoms with Crippen molar-refractivity contribution in [3.63, 3.8) is 0 Å². The van der Waals surface area contributed by atoms with Crippen LogP contribution in [0.4, 0.5) is 23.7 Å². The van der Waals surface area contributed by atoms with Crippen molar-refractivity contribution in [1.29, 1.82) is 0 Å². The number of hydrogen-bond donors (Lipinski definition) is 2. The van der Waals surface area contributed by atoms with E-state index < -0.39 is 49.9 Å². The second-order valence-electron chi connectivity index (χ2n) is 8.18. The third-order valence-corrected chi connectivity index (χ3v) is 8.09. The van der Waals surface area contributed by atoms with E-state index in [9.17, 15) is 27.1 Å². The average Bonchev–Trinajstić information content (AvgIpc) is 3.16. The molecule has 1 aliphatic heterocycles. The number of carbonyl (C=O) groups excluding carboxylic acids is 1. The zero-order valence-electron chi connectivity index (χ0n) is 18.4. The number of halogens is 3. The lowest BCUT2D eigenvalue weighted by Gasteiger charge is -2.37. The average molecular weight is 490 g/mol. The number of hydrogen-bond acceptors (Lipinski definition) is 6. The third-order valence-electron chi connectivity index (χ3n) is 5.82. The largest absolute Gasteiger partial charge is 0.387 e. The minimum atomic E-state index is -4.77. The summed E-state index contributed by atoms with van der Waals surface area (Å²) in [5.74, 6) is -1.000.